The molecule has 0 N–H and O–H groups in total. The highest BCUT2D eigenvalue weighted by atomic mass is 16.5. The third kappa shape index (κ3) is 3.58. The second kappa shape index (κ2) is 7.29. The van der Waals surface area contributed by atoms with Crippen LogP contribution in [0.1, 0.15) is 36.9 Å². The molecule has 2 aliphatic heterocycles. The van der Waals surface area contributed by atoms with Gasteiger partial charge in [-0.15, -0.1) is 0 Å². The molecule has 2 aliphatic rings. The molecule has 0 bridgehead atoms. The number of aromatic nitrogens is 2. The van der Waals surface area contributed by atoms with Crippen molar-refractivity contribution in [1.29, 1.82) is 0 Å². The molecular formula is C16H24N4O4. The van der Waals surface area contributed by atoms with Crippen molar-refractivity contribution in [1.82, 2.24) is 19.9 Å². The van der Waals surface area contributed by atoms with Gasteiger partial charge >= 0.3 is 0 Å². The van der Waals surface area contributed by atoms with Gasteiger partial charge in [-0.25, -0.2) is 0 Å². The first-order valence-corrected chi connectivity index (χ1v) is 8.42. The molecule has 0 radical (unpaired) electrons. The molecule has 3 rings (SSSR count). The van der Waals surface area contributed by atoms with Crippen LogP contribution in [0.5, 0.6) is 0 Å². The quantitative estimate of drug-likeness (QED) is 0.775. The van der Waals surface area contributed by atoms with Crippen LogP contribution in [0.2, 0.25) is 0 Å². The summed E-state index contributed by atoms with van der Waals surface area (Å²) in [4.78, 5) is 32.1. The summed E-state index contributed by atoms with van der Waals surface area (Å²) in [5.41, 5.74) is 0. The van der Waals surface area contributed by atoms with Crippen molar-refractivity contribution in [2.75, 3.05) is 40.4 Å². The summed E-state index contributed by atoms with van der Waals surface area (Å²) in [6, 6.07) is 0. The van der Waals surface area contributed by atoms with Gasteiger partial charge in [0.25, 0.3) is 0 Å². The van der Waals surface area contributed by atoms with Gasteiger partial charge in [0.1, 0.15) is 0 Å². The lowest BCUT2D eigenvalue weighted by Gasteiger charge is -2.32. The molecule has 2 amide bonds. The summed E-state index contributed by atoms with van der Waals surface area (Å²) in [6.45, 7) is 2.45. The van der Waals surface area contributed by atoms with Gasteiger partial charge in [0.05, 0.1) is 12.5 Å². The van der Waals surface area contributed by atoms with Gasteiger partial charge in [0.2, 0.25) is 17.7 Å². The highest BCUT2D eigenvalue weighted by Gasteiger charge is 2.36. The first-order chi connectivity index (χ1) is 11.6. The van der Waals surface area contributed by atoms with Crippen LogP contribution < -0.4 is 0 Å². The molecule has 1 atom stereocenters. The van der Waals surface area contributed by atoms with Gasteiger partial charge in [-0.3, -0.25) is 9.59 Å². The van der Waals surface area contributed by atoms with Crippen LogP contribution in [-0.2, 0) is 20.7 Å². The number of carbonyl (C=O) groups is 2. The van der Waals surface area contributed by atoms with Gasteiger partial charge in [-0.1, -0.05) is 5.16 Å². The Morgan fingerprint density at radius 2 is 2.12 bits per heavy atom. The van der Waals surface area contributed by atoms with Gasteiger partial charge in [-0.2, -0.15) is 4.98 Å². The summed E-state index contributed by atoms with van der Waals surface area (Å²) in [7, 11) is 3.39. The van der Waals surface area contributed by atoms with Crippen LogP contribution in [0.25, 0.3) is 0 Å². The largest absolute Gasteiger partial charge is 0.384 e. The molecule has 1 unspecified atom stereocenters. The lowest BCUT2D eigenvalue weighted by atomic mass is 9.95. The third-order valence-electron chi connectivity index (χ3n) is 4.86. The smallest absolute Gasteiger partial charge is 0.229 e. The molecule has 132 valence electrons. The Kier molecular flexibility index (Phi) is 5.13. The summed E-state index contributed by atoms with van der Waals surface area (Å²) in [5.74, 6) is 1.48. The predicted octanol–water partition coefficient (Wildman–Crippen LogP) is 0.443. The highest BCUT2D eigenvalue weighted by molar-refractivity contribution is 5.89. The van der Waals surface area contributed by atoms with Gasteiger partial charge < -0.3 is 19.1 Å². The Labute approximate surface area is 141 Å². The average molecular weight is 336 g/mol. The predicted molar refractivity (Wildman–Crippen MR) is 84.2 cm³/mol. The maximum absolute atomic E-state index is 12.5. The van der Waals surface area contributed by atoms with Crippen LogP contribution in [0.4, 0.5) is 0 Å². The zero-order chi connectivity index (χ0) is 17.1. The van der Waals surface area contributed by atoms with Gasteiger partial charge in [0.15, 0.2) is 5.82 Å². The zero-order valence-electron chi connectivity index (χ0n) is 14.2. The summed E-state index contributed by atoms with van der Waals surface area (Å²) < 4.78 is 10.4. The number of hydrogen-bond donors (Lipinski definition) is 0. The number of likely N-dealkylation sites (tertiary alicyclic amines) is 2. The van der Waals surface area contributed by atoms with Crippen molar-refractivity contribution in [2.24, 2.45) is 5.92 Å². The first kappa shape index (κ1) is 16.9. The van der Waals surface area contributed by atoms with E-state index >= 15 is 0 Å². The lowest BCUT2D eigenvalue weighted by Crippen LogP contribution is -2.42. The van der Waals surface area contributed by atoms with E-state index in [4.69, 9.17) is 9.26 Å². The maximum Gasteiger partial charge on any atom is 0.229 e. The van der Waals surface area contributed by atoms with Gasteiger partial charge in [0, 0.05) is 52.6 Å². The van der Waals surface area contributed by atoms with Gasteiger partial charge in [-0.05, 0) is 12.8 Å². The molecular weight excluding hydrogens is 312 g/mol. The molecule has 8 heteroatoms. The molecule has 0 aliphatic carbocycles. The van der Waals surface area contributed by atoms with Crippen molar-refractivity contribution in [3.63, 3.8) is 0 Å². The molecule has 0 spiro atoms. The highest BCUT2D eigenvalue weighted by Crippen LogP contribution is 2.28. The first-order valence-electron chi connectivity index (χ1n) is 8.42. The Hall–Kier alpha value is -1.96. The van der Waals surface area contributed by atoms with Crippen LogP contribution >= 0.6 is 0 Å². The van der Waals surface area contributed by atoms with E-state index in [1.807, 2.05) is 4.90 Å². The lowest BCUT2D eigenvalue weighted by molar-refractivity contribution is -0.136. The summed E-state index contributed by atoms with van der Waals surface area (Å²) in [6.07, 6.45) is 2.60. The fraction of sp³-hybridized carbons (Fsp3) is 0.750. The molecule has 3 heterocycles. The summed E-state index contributed by atoms with van der Waals surface area (Å²) >= 11 is 0. The monoisotopic (exact) mass is 336 g/mol. The van der Waals surface area contributed by atoms with Crippen LogP contribution in [0.15, 0.2) is 4.52 Å². The summed E-state index contributed by atoms with van der Waals surface area (Å²) in [5, 5.41) is 3.97. The molecule has 1 aromatic heterocycles. The Bertz CT molecular complexity index is 595. The van der Waals surface area contributed by atoms with Crippen molar-refractivity contribution in [3.05, 3.63) is 11.7 Å². The van der Waals surface area contributed by atoms with Crippen LogP contribution in [0.3, 0.4) is 0 Å². The van der Waals surface area contributed by atoms with Crippen molar-refractivity contribution < 1.29 is 18.8 Å². The second-order valence-corrected chi connectivity index (χ2v) is 6.57. The fourth-order valence-corrected chi connectivity index (χ4v) is 3.36. The molecule has 2 saturated heterocycles. The van der Waals surface area contributed by atoms with E-state index in [2.05, 4.69) is 10.1 Å². The van der Waals surface area contributed by atoms with Crippen molar-refractivity contribution >= 4 is 11.8 Å². The minimum absolute atomic E-state index is 0.0534. The number of amides is 2. The zero-order valence-corrected chi connectivity index (χ0v) is 14.2. The number of rotatable bonds is 5. The van der Waals surface area contributed by atoms with E-state index in [-0.39, 0.29) is 23.7 Å². The maximum atomic E-state index is 12.5. The van der Waals surface area contributed by atoms with E-state index in [1.165, 1.54) is 0 Å². The molecule has 0 aromatic carbocycles. The SMILES string of the molecule is COCCc1noc(C2CCN(C(=O)C3CC(=O)N(C)C3)CC2)n1. The fourth-order valence-electron chi connectivity index (χ4n) is 3.36. The van der Waals surface area contributed by atoms with E-state index in [9.17, 15) is 9.59 Å². The average Bonchev–Trinajstić information content (AvgIpc) is 3.20. The number of methoxy groups -OCH3 is 1. The van der Waals surface area contributed by atoms with E-state index in [1.54, 1.807) is 19.1 Å². The minimum atomic E-state index is -0.192. The molecule has 0 saturated carbocycles. The van der Waals surface area contributed by atoms with E-state index < -0.39 is 0 Å². The molecule has 2 fully saturated rings. The molecule has 24 heavy (non-hydrogen) atoms. The van der Waals surface area contributed by atoms with Crippen LogP contribution in [-0.4, -0.2) is 72.2 Å². The number of nitrogens with zero attached hydrogens (tertiary/aromatic N) is 4. The van der Waals surface area contributed by atoms with E-state index in [0.717, 1.165) is 12.8 Å². The van der Waals surface area contributed by atoms with Crippen molar-refractivity contribution in [3.8, 4) is 0 Å². The molecule has 8 nitrogen and oxygen atoms in total. The Balaban J connectivity index is 1.51. The standard InChI is InChI=1S/C16H24N4O4/c1-19-10-12(9-14(19)21)16(22)20-6-3-11(4-7-20)15-17-13(18-24-15)5-8-23-2/h11-12H,3-10H2,1-2H3. The van der Waals surface area contributed by atoms with E-state index in [0.29, 0.717) is 50.8 Å². The number of ether oxygens (including phenoxy) is 1. The number of hydrogen-bond acceptors (Lipinski definition) is 6. The van der Waals surface area contributed by atoms with Crippen molar-refractivity contribution in [2.45, 2.75) is 31.6 Å². The van der Waals surface area contributed by atoms with Crippen LogP contribution in [0, 0.1) is 5.92 Å². The Morgan fingerprint density at radius 1 is 1.38 bits per heavy atom. The minimum Gasteiger partial charge on any atom is -0.384 e. The topological polar surface area (TPSA) is 88.8 Å². The molecule has 1 aromatic rings. The number of carbonyl (C=O) groups excluding carboxylic acids is 2. The third-order valence-corrected chi connectivity index (χ3v) is 4.86. The number of piperidine rings is 1. The Morgan fingerprint density at radius 3 is 2.75 bits per heavy atom. The second-order valence-electron chi connectivity index (χ2n) is 6.57. The normalized spacial score (nSPS) is 22.4.